The summed E-state index contributed by atoms with van der Waals surface area (Å²) < 4.78 is 17.2. The molecule has 0 amide bonds. The molecule has 212 valence electrons. The Labute approximate surface area is 233 Å². The molecule has 1 heterocycles. The van der Waals surface area contributed by atoms with E-state index in [2.05, 4.69) is 0 Å². The fraction of sp³-hybridized carbons (Fsp3) is 0.484. The molecule has 5 rings (SSSR count). The van der Waals surface area contributed by atoms with Crippen LogP contribution in [0.1, 0.15) is 45.6 Å². The number of nitrogens with zero attached hydrogens (tertiary/aromatic N) is 1. The number of carbonyl (C=O) groups excluding carboxylic acids is 4. The number of ketones is 2. The van der Waals surface area contributed by atoms with Crippen LogP contribution < -0.4 is 0 Å². The van der Waals surface area contributed by atoms with Gasteiger partial charge in [0.15, 0.2) is 5.76 Å². The van der Waals surface area contributed by atoms with Crippen molar-refractivity contribution in [2.24, 2.45) is 16.7 Å². The smallest absolute Gasteiger partial charge is 0.340 e. The van der Waals surface area contributed by atoms with Crippen molar-refractivity contribution in [3.63, 3.8) is 0 Å². The molecule has 1 aliphatic heterocycles. The number of carbonyl (C=O) groups is 4. The first-order valence-corrected chi connectivity index (χ1v) is 13.5. The number of hydrogen-bond donors (Lipinski definition) is 1. The molecule has 1 N–H and O–H groups in total. The highest BCUT2D eigenvalue weighted by molar-refractivity contribution is 6.14. The van der Waals surface area contributed by atoms with Crippen molar-refractivity contribution >= 4 is 23.5 Å². The standard InChI is InChI=1S/C31H35NO8/c1-17(33)39-21-13-30(2)20(11-12-22(30)34)24-26(21)31(3)23(16-38-5)40-29(37)19(25(31)28(36)27(24)35)15-32(4)14-18-9-7-6-8-10-18/h6-10,15,20-21,23,36H,11-14,16H2,1-5H3/t20?,21?,23-,30+,31+/m1/s1. The SMILES string of the molecule is COC[C@H]1OC(=O)C(=CN(C)Cc2ccccc2)C2=C(O)C(=O)C3=C(C(OC(C)=O)C[C@]4(C)C(=O)CCC34)[C@]21C. The molecule has 9 heteroatoms. The molecule has 2 fully saturated rings. The maximum atomic E-state index is 14.0. The van der Waals surface area contributed by atoms with Crippen LogP contribution >= 0.6 is 0 Å². The highest BCUT2D eigenvalue weighted by atomic mass is 16.6. The van der Waals surface area contributed by atoms with Gasteiger partial charge in [0.1, 0.15) is 18.0 Å². The van der Waals surface area contributed by atoms with Gasteiger partial charge < -0.3 is 24.2 Å². The van der Waals surface area contributed by atoms with Crippen molar-refractivity contribution in [2.45, 2.75) is 58.8 Å². The summed E-state index contributed by atoms with van der Waals surface area (Å²) in [5.74, 6) is -2.91. The largest absolute Gasteiger partial charge is 0.504 e. The van der Waals surface area contributed by atoms with E-state index in [1.54, 1.807) is 32.0 Å². The van der Waals surface area contributed by atoms with Crippen LogP contribution in [0.15, 0.2) is 64.6 Å². The van der Waals surface area contributed by atoms with Crippen LogP contribution in [0.2, 0.25) is 0 Å². The van der Waals surface area contributed by atoms with Gasteiger partial charge in [-0.1, -0.05) is 37.3 Å². The second-order valence-electron chi connectivity index (χ2n) is 11.6. The first-order chi connectivity index (χ1) is 18.9. The van der Waals surface area contributed by atoms with Crippen LogP contribution in [-0.4, -0.2) is 66.5 Å². The van der Waals surface area contributed by atoms with E-state index in [0.717, 1.165) is 5.56 Å². The molecule has 0 spiro atoms. The Morgan fingerprint density at radius 2 is 1.90 bits per heavy atom. The van der Waals surface area contributed by atoms with Crippen LogP contribution in [0.3, 0.4) is 0 Å². The summed E-state index contributed by atoms with van der Waals surface area (Å²) in [5.41, 5.74) is -0.248. The Balaban J connectivity index is 1.71. The van der Waals surface area contributed by atoms with Gasteiger partial charge in [-0.3, -0.25) is 14.4 Å². The van der Waals surface area contributed by atoms with Crippen molar-refractivity contribution in [1.29, 1.82) is 0 Å². The van der Waals surface area contributed by atoms with Crippen molar-refractivity contribution < 1.29 is 38.5 Å². The van der Waals surface area contributed by atoms with E-state index in [9.17, 15) is 24.3 Å². The maximum Gasteiger partial charge on any atom is 0.340 e. The minimum Gasteiger partial charge on any atom is -0.504 e. The number of aliphatic hydroxyl groups excluding tert-OH is 1. The Hall–Kier alpha value is -3.72. The van der Waals surface area contributed by atoms with E-state index in [4.69, 9.17) is 14.2 Å². The van der Waals surface area contributed by atoms with E-state index in [1.807, 2.05) is 30.3 Å². The van der Waals surface area contributed by atoms with E-state index < -0.39 is 52.4 Å². The summed E-state index contributed by atoms with van der Waals surface area (Å²) in [6.45, 7) is 5.31. The zero-order chi connectivity index (χ0) is 29.0. The van der Waals surface area contributed by atoms with E-state index >= 15 is 0 Å². The summed E-state index contributed by atoms with van der Waals surface area (Å²) in [7, 11) is 3.26. The lowest BCUT2D eigenvalue weighted by molar-refractivity contribution is -0.160. The van der Waals surface area contributed by atoms with Gasteiger partial charge in [0.05, 0.1) is 17.6 Å². The predicted molar refractivity (Wildman–Crippen MR) is 144 cm³/mol. The molecule has 0 bridgehead atoms. The Morgan fingerprint density at radius 3 is 2.55 bits per heavy atom. The molecule has 1 saturated carbocycles. The molecule has 40 heavy (non-hydrogen) atoms. The number of rotatable bonds is 6. The number of allylic oxidation sites excluding steroid dienone is 1. The number of methoxy groups -OCH3 is 1. The van der Waals surface area contributed by atoms with E-state index in [0.29, 0.717) is 18.5 Å². The average Bonchev–Trinajstić information content (AvgIpc) is 3.19. The quantitative estimate of drug-likeness (QED) is 0.419. The number of fused-ring (bicyclic) bond motifs is 4. The van der Waals surface area contributed by atoms with Crippen LogP contribution in [0.5, 0.6) is 0 Å². The van der Waals surface area contributed by atoms with Crippen molar-refractivity contribution in [1.82, 2.24) is 4.90 Å². The molecule has 0 aromatic heterocycles. The highest BCUT2D eigenvalue weighted by Crippen LogP contribution is 2.62. The van der Waals surface area contributed by atoms with E-state index in [-0.39, 0.29) is 42.0 Å². The number of aliphatic hydroxyl groups is 1. The number of ether oxygens (including phenoxy) is 3. The number of Topliss-reactive ketones (excluding diaryl/α,β-unsaturated/α-hetero) is 2. The predicted octanol–water partition coefficient (Wildman–Crippen LogP) is 3.59. The second-order valence-corrected chi connectivity index (χ2v) is 11.6. The normalized spacial score (nSPS) is 32.5. The molecule has 4 aliphatic rings. The lowest BCUT2D eigenvalue weighted by atomic mass is 9.53. The summed E-state index contributed by atoms with van der Waals surface area (Å²) in [6.07, 6.45) is 0.671. The Kier molecular flexibility index (Phi) is 6.98. The van der Waals surface area contributed by atoms with Crippen LogP contribution in [-0.2, 0) is 39.9 Å². The minimum atomic E-state index is -1.26. The molecule has 2 unspecified atom stereocenters. The third-order valence-corrected chi connectivity index (χ3v) is 9.04. The lowest BCUT2D eigenvalue weighted by Crippen LogP contribution is -2.57. The van der Waals surface area contributed by atoms with Crippen LogP contribution in [0, 0.1) is 16.7 Å². The average molecular weight is 550 g/mol. The maximum absolute atomic E-state index is 14.0. The molecule has 9 nitrogen and oxygen atoms in total. The van der Waals surface area contributed by atoms with Crippen molar-refractivity contribution in [2.75, 3.05) is 20.8 Å². The molecular weight excluding hydrogens is 514 g/mol. The molecule has 0 radical (unpaired) electrons. The van der Waals surface area contributed by atoms with Gasteiger partial charge in [0.2, 0.25) is 5.78 Å². The number of benzene rings is 1. The van der Waals surface area contributed by atoms with Crippen molar-refractivity contribution in [3.8, 4) is 0 Å². The van der Waals surface area contributed by atoms with Crippen molar-refractivity contribution in [3.05, 3.63) is 70.1 Å². The van der Waals surface area contributed by atoms with Gasteiger partial charge in [-0.15, -0.1) is 0 Å². The molecule has 1 aromatic rings. The number of hydrogen-bond acceptors (Lipinski definition) is 9. The molecule has 1 aromatic carbocycles. The second kappa shape index (κ2) is 10.0. The zero-order valence-electron chi connectivity index (χ0n) is 23.5. The van der Waals surface area contributed by atoms with Gasteiger partial charge in [0.25, 0.3) is 0 Å². The molecule has 5 atom stereocenters. The fourth-order valence-electron chi connectivity index (χ4n) is 7.22. The van der Waals surface area contributed by atoms with Gasteiger partial charge in [-0.2, -0.15) is 0 Å². The van der Waals surface area contributed by atoms with Crippen LogP contribution in [0.25, 0.3) is 0 Å². The molecular formula is C31H35NO8. The fourth-order valence-corrected chi connectivity index (χ4v) is 7.22. The third kappa shape index (κ3) is 4.18. The lowest BCUT2D eigenvalue weighted by Gasteiger charge is -2.53. The summed E-state index contributed by atoms with van der Waals surface area (Å²) in [5, 5.41) is 11.6. The first-order valence-electron chi connectivity index (χ1n) is 13.5. The first kappa shape index (κ1) is 27.8. The molecule has 1 saturated heterocycles. The summed E-state index contributed by atoms with van der Waals surface area (Å²) in [6, 6.07) is 9.66. The summed E-state index contributed by atoms with van der Waals surface area (Å²) >= 11 is 0. The molecule has 3 aliphatic carbocycles. The van der Waals surface area contributed by atoms with E-state index in [1.165, 1.54) is 14.0 Å². The van der Waals surface area contributed by atoms with Gasteiger partial charge in [-0.25, -0.2) is 4.79 Å². The number of esters is 2. The minimum absolute atomic E-state index is 0.0000523. The third-order valence-electron chi connectivity index (χ3n) is 9.04. The topological polar surface area (TPSA) is 119 Å². The Bertz CT molecular complexity index is 1370. The van der Waals surface area contributed by atoms with Crippen LogP contribution in [0.4, 0.5) is 0 Å². The zero-order valence-corrected chi connectivity index (χ0v) is 23.5. The number of cyclic esters (lactones) is 1. The summed E-state index contributed by atoms with van der Waals surface area (Å²) in [4.78, 5) is 54.6. The Morgan fingerprint density at radius 1 is 1.20 bits per heavy atom. The van der Waals surface area contributed by atoms with Gasteiger partial charge in [-0.05, 0) is 24.5 Å². The monoisotopic (exact) mass is 549 g/mol. The van der Waals surface area contributed by atoms with Gasteiger partial charge in [0, 0.05) is 69.1 Å². The van der Waals surface area contributed by atoms with Gasteiger partial charge >= 0.3 is 11.9 Å². The highest BCUT2D eigenvalue weighted by Gasteiger charge is 2.64.